The second-order valence-electron chi connectivity index (χ2n) is 5.34. The van der Waals surface area contributed by atoms with Crippen LogP contribution in [0.3, 0.4) is 0 Å². The molecule has 0 saturated carbocycles. The Labute approximate surface area is 127 Å². The summed E-state index contributed by atoms with van der Waals surface area (Å²) in [6, 6.07) is 9.81. The molecule has 1 aromatic rings. The number of carbonyl (C=O) groups excluding carboxylic acids is 1. The van der Waals surface area contributed by atoms with Crippen LogP contribution in [0.4, 0.5) is 0 Å². The van der Waals surface area contributed by atoms with Gasteiger partial charge in [-0.2, -0.15) is 4.31 Å². The fourth-order valence-corrected chi connectivity index (χ4v) is 3.16. The van der Waals surface area contributed by atoms with Crippen LogP contribution < -0.4 is 5.32 Å². The number of amides is 1. The third-order valence-electron chi connectivity index (χ3n) is 3.11. The second kappa shape index (κ2) is 8.14. The van der Waals surface area contributed by atoms with Crippen LogP contribution in [0.1, 0.15) is 25.8 Å². The van der Waals surface area contributed by atoms with Gasteiger partial charge in [-0.05, 0) is 32.3 Å². The Morgan fingerprint density at radius 1 is 1.24 bits per heavy atom. The maximum absolute atomic E-state index is 11.8. The van der Waals surface area contributed by atoms with Gasteiger partial charge in [0, 0.05) is 12.6 Å². The van der Waals surface area contributed by atoms with Gasteiger partial charge < -0.3 is 5.32 Å². The molecule has 1 aromatic carbocycles. The molecular formula is C15H24N2O3S. The van der Waals surface area contributed by atoms with Gasteiger partial charge in [0.15, 0.2) is 0 Å². The van der Waals surface area contributed by atoms with Crippen molar-refractivity contribution in [2.24, 2.45) is 0 Å². The summed E-state index contributed by atoms with van der Waals surface area (Å²) >= 11 is 0. The molecule has 6 heteroatoms. The fraction of sp³-hybridized carbons (Fsp3) is 0.533. The summed E-state index contributed by atoms with van der Waals surface area (Å²) in [6.07, 6.45) is 2.84. The Kier molecular flexibility index (Phi) is 6.84. The highest BCUT2D eigenvalue weighted by atomic mass is 32.2. The van der Waals surface area contributed by atoms with Crippen molar-refractivity contribution in [2.75, 3.05) is 19.3 Å². The predicted molar refractivity (Wildman–Crippen MR) is 84.5 cm³/mol. The number of nitrogens with zero attached hydrogens (tertiary/aromatic N) is 1. The first-order chi connectivity index (χ1) is 9.80. The molecule has 0 aliphatic rings. The zero-order valence-electron chi connectivity index (χ0n) is 12.9. The van der Waals surface area contributed by atoms with Gasteiger partial charge in [-0.1, -0.05) is 30.3 Å². The summed E-state index contributed by atoms with van der Waals surface area (Å²) in [5, 5.41) is 2.77. The number of rotatable bonds is 8. The topological polar surface area (TPSA) is 66.5 Å². The molecule has 5 nitrogen and oxygen atoms in total. The average Bonchev–Trinajstić information content (AvgIpc) is 2.40. The van der Waals surface area contributed by atoms with Crippen molar-refractivity contribution in [1.29, 1.82) is 0 Å². The summed E-state index contributed by atoms with van der Waals surface area (Å²) < 4.78 is 24.3. The van der Waals surface area contributed by atoms with Crippen LogP contribution in [-0.4, -0.2) is 44.0 Å². The van der Waals surface area contributed by atoms with Crippen LogP contribution in [-0.2, 0) is 21.2 Å². The molecule has 0 spiro atoms. The second-order valence-corrected chi connectivity index (χ2v) is 7.28. The van der Waals surface area contributed by atoms with E-state index in [9.17, 15) is 13.2 Å². The molecule has 0 fully saturated rings. The highest BCUT2D eigenvalue weighted by Crippen LogP contribution is 2.04. The van der Waals surface area contributed by atoms with E-state index in [4.69, 9.17) is 0 Å². The summed E-state index contributed by atoms with van der Waals surface area (Å²) in [6.45, 7) is 3.93. The predicted octanol–water partition coefficient (Wildman–Crippen LogP) is 1.41. The number of carbonyl (C=O) groups is 1. The van der Waals surface area contributed by atoms with Crippen molar-refractivity contribution in [3.63, 3.8) is 0 Å². The number of hydrogen-bond donors (Lipinski definition) is 1. The molecule has 0 unspecified atom stereocenters. The van der Waals surface area contributed by atoms with Crippen molar-refractivity contribution in [2.45, 2.75) is 32.7 Å². The van der Waals surface area contributed by atoms with Crippen LogP contribution in [0.5, 0.6) is 0 Å². The minimum Gasteiger partial charge on any atom is -0.355 e. The third-order valence-corrected chi connectivity index (χ3v) is 4.51. The maximum atomic E-state index is 11.8. The first-order valence-corrected chi connectivity index (χ1v) is 8.93. The molecule has 118 valence electrons. The highest BCUT2D eigenvalue weighted by molar-refractivity contribution is 7.88. The summed E-state index contributed by atoms with van der Waals surface area (Å²) in [5.41, 5.74) is 1.23. The van der Waals surface area contributed by atoms with Crippen LogP contribution in [0.25, 0.3) is 0 Å². The fourth-order valence-electron chi connectivity index (χ4n) is 2.05. The van der Waals surface area contributed by atoms with E-state index in [0.29, 0.717) is 6.54 Å². The molecule has 0 radical (unpaired) electrons. The van der Waals surface area contributed by atoms with E-state index in [2.05, 4.69) is 5.32 Å². The molecule has 0 bridgehead atoms. The van der Waals surface area contributed by atoms with E-state index in [1.807, 2.05) is 30.3 Å². The molecular weight excluding hydrogens is 288 g/mol. The molecule has 1 amide bonds. The van der Waals surface area contributed by atoms with Crippen LogP contribution in [0, 0.1) is 0 Å². The van der Waals surface area contributed by atoms with Gasteiger partial charge in [0.2, 0.25) is 15.9 Å². The number of nitrogens with one attached hydrogen (secondary N) is 1. The highest BCUT2D eigenvalue weighted by Gasteiger charge is 2.22. The third kappa shape index (κ3) is 6.73. The van der Waals surface area contributed by atoms with E-state index >= 15 is 0 Å². The number of sulfonamides is 1. The van der Waals surface area contributed by atoms with Crippen molar-refractivity contribution >= 4 is 15.9 Å². The molecule has 0 atom stereocenters. The lowest BCUT2D eigenvalue weighted by atomic mass is 10.1. The Morgan fingerprint density at radius 2 is 1.86 bits per heavy atom. The van der Waals surface area contributed by atoms with Crippen molar-refractivity contribution < 1.29 is 13.2 Å². The Bertz CT molecular complexity index is 541. The van der Waals surface area contributed by atoms with Gasteiger partial charge in [0.05, 0.1) is 12.8 Å². The van der Waals surface area contributed by atoms with E-state index in [-0.39, 0.29) is 18.5 Å². The van der Waals surface area contributed by atoms with Crippen LogP contribution in [0.2, 0.25) is 0 Å². The molecule has 0 aliphatic carbocycles. The normalized spacial score (nSPS) is 11.9. The maximum Gasteiger partial charge on any atom is 0.235 e. The summed E-state index contributed by atoms with van der Waals surface area (Å²) in [7, 11) is -3.36. The first-order valence-electron chi connectivity index (χ1n) is 7.08. The van der Waals surface area contributed by atoms with Crippen molar-refractivity contribution in [3.8, 4) is 0 Å². The minimum absolute atomic E-state index is 0.123. The molecule has 0 saturated heterocycles. The largest absolute Gasteiger partial charge is 0.355 e. The molecule has 0 aromatic heterocycles. The summed E-state index contributed by atoms with van der Waals surface area (Å²) in [4.78, 5) is 11.8. The van der Waals surface area contributed by atoms with Gasteiger partial charge in [0.1, 0.15) is 0 Å². The number of aryl methyl sites for hydroxylation is 1. The van der Waals surface area contributed by atoms with E-state index in [0.717, 1.165) is 19.1 Å². The first kappa shape index (κ1) is 17.7. The molecule has 0 heterocycles. The van der Waals surface area contributed by atoms with Gasteiger partial charge >= 0.3 is 0 Å². The number of hydrogen-bond acceptors (Lipinski definition) is 3. The lowest BCUT2D eigenvalue weighted by molar-refractivity contribution is -0.121. The summed E-state index contributed by atoms with van der Waals surface area (Å²) in [5.74, 6) is -0.262. The zero-order valence-corrected chi connectivity index (χ0v) is 13.7. The van der Waals surface area contributed by atoms with E-state index in [1.165, 1.54) is 9.87 Å². The molecule has 1 rings (SSSR count). The average molecular weight is 312 g/mol. The van der Waals surface area contributed by atoms with Crippen LogP contribution in [0.15, 0.2) is 30.3 Å². The smallest absolute Gasteiger partial charge is 0.235 e. The Balaban J connectivity index is 2.34. The SMILES string of the molecule is CC(C)N(CC(=O)NCCCc1ccccc1)S(C)(=O)=O. The molecule has 1 N–H and O–H groups in total. The monoisotopic (exact) mass is 312 g/mol. The van der Waals surface area contributed by atoms with E-state index < -0.39 is 10.0 Å². The molecule has 21 heavy (non-hydrogen) atoms. The number of benzene rings is 1. The lowest BCUT2D eigenvalue weighted by Gasteiger charge is -2.23. The van der Waals surface area contributed by atoms with Gasteiger partial charge in [-0.25, -0.2) is 8.42 Å². The van der Waals surface area contributed by atoms with Crippen molar-refractivity contribution in [1.82, 2.24) is 9.62 Å². The quantitative estimate of drug-likeness (QED) is 0.738. The molecule has 0 aliphatic heterocycles. The zero-order chi connectivity index (χ0) is 15.9. The minimum atomic E-state index is -3.36. The Hall–Kier alpha value is -1.40. The Morgan fingerprint density at radius 3 is 2.38 bits per heavy atom. The van der Waals surface area contributed by atoms with Crippen molar-refractivity contribution in [3.05, 3.63) is 35.9 Å². The van der Waals surface area contributed by atoms with Gasteiger partial charge in [-0.3, -0.25) is 4.79 Å². The van der Waals surface area contributed by atoms with Gasteiger partial charge in [-0.15, -0.1) is 0 Å². The van der Waals surface area contributed by atoms with E-state index in [1.54, 1.807) is 13.8 Å². The van der Waals surface area contributed by atoms with Crippen LogP contribution >= 0.6 is 0 Å². The van der Waals surface area contributed by atoms with Gasteiger partial charge in [0.25, 0.3) is 0 Å². The lowest BCUT2D eigenvalue weighted by Crippen LogP contribution is -2.44. The standard InChI is InChI=1S/C15H24N2O3S/c1-13(2)17(21(3,19)20)12-15(18)16-11-7-10-14-8-5-4-6-9-14/h4-6,8-9,13H,7,10-12H2,1-3H3,(H,16,18).